The number of hydrogen-bond acceptors (Lipinski definition) is 5. The molecule has 0 spiro atoms. The highest BCUT2D eigenvalue weighted by Gasteiger charge is 2.28. The van der Waals surface area contributed by atoms with E-state index in [1.54, 1.807) is 11.6 Å². The molecule has 2 heterocycles. The van der Waals surface area contributed by atoms with Gasteiger partial charge in [-0.15, -0.1) is 0 Å². The van der Waals surface area contributed by atoms with Crippen LogP contribution in [0.5, 0.6) is 0 Å². The van der Waals surface area contributed by atoms with Crippen LogP contribution in [-0.2, 0) is 0 Å². The number of aryl methyl sites for hydroxylation is 1. The van der Waals surface area contributed by atoms with Gasteiger partial charge in [-0.2, -0.15) is 5.10 Å². The van der Waals surface area contributed by atoms with Crippen LogP contribution in [0.2, 0.25) is 0 Å². The summed E-state index contributed by atoms with van der Waals surface area (Å²) in [6, 6.07) is 0.171. The smallest absolute Gasteiger partial charge is 0.333 e. The second-order valence-corrected chi connectivity index (χ2v) is 5.45. The van der Waals surface area contributed by atoms with Crippen LogP contribution < -0.4 is 5.73 Å². The summed E-state index contributed by atoms with van der Waals surface area (Å²) in [6.45, 7) is 7.03. The summed E-state index contributed by atoms with van der Waals surface area (Å²) in [5.74, 6) is 0.196. The Hall–Kier alpha value is -1.63. The lowest BCUT2D eigenvalue weighted by Gasteiger charge is -2.19. The lowest BCUT2D eigenvalue weighted by atomic mass is 10.1. The lowest BCUT2D eigenvalue weighted by Crippen LogP contribution is -2.25. The van der Waals surface area contributed by atoms with Gasteiger partial charge in [0.15, 0.2) is 0 Å². The maximum Gasteiger partial charge on any atom is 0.333 e. The highest BCUT2D eigenvalue weighted by Crippen LogP contribution is 2.31. The van der Waals surface area contributed by atoms with E-state index >= 15 is 0 Å². The lowest BCUT2D eigenvalue weighted by molar-refractivity contribution is -0.384. The molecule has 0 saturated carbocycles. The van der Waals surface area contributed by atoms with E-state index < -0.39 is 4.92 Å². The van der Waals surface area contributed by atoms with Gasteiger partial charge in [-0.1, -0.05) is 6.92 Å². The Morgan fingerprint density at radius 2 is 2.20 bits per heavy atom. The number of likely N-dealkylation sites (tertiary alicyclic amines) is 1. The molecule has 0 aliphatic carbocycles. The Balaban J connectivity index is 2.16. The topological polar surface area (TPSA) is 90.2 Å². The zero-order chi connectivity index (χ0) is 14.7. The molecule has 112 valence electrons. The third-order valence-corrected chi connectivity index (χ3v) is 3.95. The first kappa shape index (κ1) is 14.8. The van der Waals surface area contributed by atoms with Crippen molar-refractivity contribution in [2.24, 2.45) is 0 Å². The average molecular weight is 281 g/mol. The van der Waals surface area contributed by atoms with E-state index in [-0.39, 0.29) is 17.5 Å². The molecule has 1 aliphatic heterocycles. The summed E-state index contributed by atoms with van der Waals surface area (Å²) in [7, 11) is 0. The molecule has 7 nitrogen and oxygen atoms in total. The predicted molar refractivity (Wildman–Crippen MR) is 77.6 cm³/mol. The van der Waals surface area contributed by atoms with Gasteiger partial charge >= 0.3 is 5.69 Å². The van der Waals surface area contributed by atoms with E-state index in [0.717, 1.165) is 45.3 Å². The molecule has 20 heavy (non-hydrogen) atoms. The molecule has 1 unspecified atom stereocenters. The first-order valence-corrected chi connectivity index (χ1v) is 7.26. The number of hydrogen-bond donors (Lipinski definition) is 1. The molecule has 0 bridgehead atoms. The van der Waals surface area contributed by atoms with Crippen molar-refractivity contribution >= 4 is 11.5 Å². The Morgan fingerprint density at radius 1 is 1.45 bits per heavy atom. The highest BCUT2D eigenvalue weighted by atomic mass is 16.6. The molecule has 0 radical (unpaired) electrons. The summed E-state index contributed by atoms with van der Waals surface area (Å²) >= 11 is 0. The molecule has 1 aromatic heterocycles. The Kier molecular flexibility index (Phi) is 4.59. The van der Waals surface area contributed by atoms with Gasteiger partial charge in [0.2, 0.25) is 5.82 Å². The highest BCUT2D eigenvalue weighted by molar-refractivity contribution is 5.56. The van der Waals surface area contributed by atoms with Gasteiger partial charge in [0, 0.05) is 6.54 Å². The number of nitrogens with zero attached hydrogens (tertiary/aromatic N) is 4. The summed E-state index contributed by atoms with van der Waals surface area (Å²) in [5.41, 5.74) is 6.29. The standard InChI is InChI=1S/C13H23N5O2/c1-3-7-16-8-4-5-11(6-9-16)17-13(14)12(18(19)20)10(2)15-17/h11H,3-9,14H2,1-2H3. The normalized spacial score (nSPS) is 20.8. The van der Waals surface area contributed by atoms with Crippen molar-refractivity contribution < 1.29 is 4.92 Å². The molecular formula is C13H23N5O2. The largest absolute Gasteiger partial charge is 0.378 e. The number of aromatic nitrogens is 2. The van der Waals surface area contributed by atoms with Crippen LogP contribution in [0.1, 0.15) is 44.3 Å². The van der Waals surface area contributed by atoms with Gasteiger partial charge in [0.05, 0.1) is 11.0 Å². The van der Waals surface area contributed by atoms with Crippen molar-refractivity contribution in [3.63, 3.8) is 0 Å². The molecule has 1 atom stereocenters. The van der Waals surface area contributed by atoms with E-state index in [1.165, 1.54) is 0 Å². The van der Waals surface area contributed by atoms with Crippen LogP contribution >= 0.6 is 0 Å². The van der Waals surface area contributed by atoms with E-state index in [4.69, 9.17) is 5.73 Å². The molecule has 1 saturated heterocycles. The molecule has 7 heteroatoms. The molecule has 0 aromatic carbocycles. The average Bonchev–Trinajstić information content (AvgIpc) is 2.57. The SMILES string of the molecule is CCCN1CCCC(n2nc(C)c([N+](=O)[O-])c2N)CC1. The molecule has 1 aliphatic rings. The Bertz CT molecular complexity index is 485. The quantitative estimate of drug-likeness (QED) is 0.674. The number of nitrogens with two attached hydrogens (primary N) is 1. The van der Waals surface area contributed by atoms with E-state index in [2.05, 4.69) is 16.9 Å². The third kappa shape index (κ3) is 2.92. The Morgan fingerprint density at radius 3 is 2.80 bits per heavy atom. The van der Waals surface area contributed by atoms with E-state index in [0.29, 0.717) is 5.69 Å². The summed E-state index contributed by atoms with van der Waals surface area (Å²) in [4.78, 5) is 13.0. The van der Waals surface area contributed by atoms with Crippen molar-refractivity contribution in [3.05, 3.63) is 15.8 Å². The number of rotatable bonds is 4. The fourth-order valence-corrected chi connectivity index (χ4v) is 2.98. The van der Waals surface area contributed by atoms with Crippen LogP contribution in [-0.4, -0.2) is 39.2 Å². The minimum Gasteiger partial charge on any atom is -0.378 e. The minimum atomic E-state index is -0.436. The molecule has 0 amide bonds. The zero-order valence-corrected chi connectivity index (χ0v) is 12.2. The van der Waals surface area contributed by atoms with Crippen molar-refractivity contribution in [1.82, 2.24) is 14.7 Å². The monoisotopic (exact) mass is 281 g/mol. The fraction of sp³-hybridized carbons (Fsp3) is 0.769. The molecule has 2 N–H and O–H groups in total. The van der Waals surface area contributed by atoms with Crippen molar-refractivity contribution in [3.8, 4) is 0 Å². The molecule has 1 aromatic rings. The first-order valence-electron chi connectivity index (χ1n) is 7.26. The molecule has 2 rings (SSSR count). The van der Waals surface area contributed by atoms with Crippen LogP contribution in [0.25, 0.3) is 0 Å². The van der Waals surface area contributed by atoms with Crippen LogP contribution in [0.4, 0.5) is 11.5 Å². The van der Waals surface area contributed by atoms with Gasteiger partial charge in [-0.05, 0) is 45.7 Å². The van der Waals surface area contributed by atoms with Crippen LogP contribution in [0, 0.1) is 17.0 Å². The maximum atomic E-state index is 11.0. The van der Waals surface area contributed by atoms with Crippen LogP contribution in [0.15, 0.2) is 0 Å². The van der Waals surface area contributed by atoms with E-state index in [9.17, 15) is 10.1 Å². The molecular weight excluding hydrogens is 258 g/mol. The summed E-state index contributed by atoms with van der Waals surface area (Å²) < 4.78 is 1.67. The van der Waals surface area contributed by atoms with Gasteiger partial charge in [0.25, 0.3) is 0 Å². The number of nitrogen functional groups attached to an aromatic ring is 1. The minimum absolute atomic E-state index is 0.0420. The first-order chi connectivity index (χ1) is 9.54. The van der Waals surface area contributed by atoms with Gasteiger partial charge in [0.1, 0.15) is 5.69 Å². The van der Waals surface area contributed by atoms with Crippen molar-refractivity contribution in [2.75, 3.05) is 25.4 Å². The third-order valence-electron chi connectivity index (χ3n) is 3.95. The van der Waals surface area contributed by atoms with Crippen LogP contribution in [0.3, 0.4) is 0 Å². The maximum absolute atomic E-state index is 11.0. The summed E-state index contributed by atoms with van der Waals surface area (Å²) in [6.07, 6.45) is 4.15. The van der Waals surface area contributed by atoms with Gasteiger partial charge in [-0.25, -0.2) is 4.68 Å². The predicted octanol–water partition coefficient (Wildman–Crippen LogP) is 2.12. The van der Waals surface area contributed by atoms with Crippen molar-refractivity contribution in [1.29, 1.82) is 0 Å². The number of anilines is 1. The second-order valence-electron chi connectivity index (χ2n) is 5.45. The number of nitro groups is 1. The second kappa shape index (κ2) is 6.21. The Labute approximate surface area is 118 Å². The molecule has 1 fully saturated rings. The fourth-order valence-electron chi connectivity index (χ4n) is 2.98. The van der Waals surface area contributed by atoms with E-state index in [1.807, 2.05) is 0 Å². The van der Waals surface area contributed by atoms with Crippen molar-refractivity contribution in [2.45, 2.75) is 45.6 Å². The zero-order valence-electron chi connectivity index (χ0n) is 12.2. The summed E-state index contributed by atoms with van der Waals surface area (Å²) in [5, 5.41) is 15.3. The van der Waals surface area contributed by atoms with Gasteiger partial charge < -0.3 is 10.6 Å². The van der Waals surface area contributed by atoms with Gasteiger partial charge in [-0.3, -0.25) is 10.1 Å².